The van der Waals surface area contributed by atoms with Crippen molar-refractivity contribution in [2.45, 2.75) is 33.0 Å². The van der Waals surface area contributed by atoms with E-state index in [0.717, 1.165) is 25.7 Å². The Labute approximate surface area is 133 Å². The third-order valence-electron chi connectivity index (χ3n) is 4.09. The third kappa shape index (κ3) is 4.11. The fraction of sp³-hybridized carbons (Fsp3) is 0.500. The van der Waals surface area contributed by atoms with Gasteiger partial charge < -0.3 is 4.52 Å². The molecule has 0 saturated carbocycles. The number of hydrogen-bond acceptors (Lipinski definition) is 5. The molecular formula is C16H20F2N4O. The van der Waals surface area contributed by atoms with Gasteiger partial charge in [0.1, 0.15) is 11.6 Å². The number of benzene rings is 1. The standard InChI is InChI=1S/C16H20F2N4O/c1-11-8-21(10-16-19-12(2)23-20-16)3-4-22(11)9-13-5-14(17)7-15(18)6-13/h5-7,11H,3-4,8-10H2,1-2H3. The van der Waals surface area contributed by atoms with Gasteiger partial charge in [0.2, 0.25) is 5.89 Å². The van der Waals surface area contributed by atoms with Gasteiger partial charge >= 0.3 is 0 Å². The zero-order valence-electron chi connectivity index (χ0n) is 13.3. The number of aromatic nitrogens is 2. The predicted molar refractivity (Wildman–Crippen MR) is 80.5 cm³/mol. The normalized spacial score (nSPS) is 20.1. The van der Waals surface area contributed by atoms with Crippen LogP contribution in [0.5, 0.6) is 0 Å². The summed E-state index contributed by atoms with van der Waals surface area (Å²) >= 11 is 0. The van der Waals surface area contributed by atoms with E-state index in [1.165, 1.54) is 12.1 Å². The van der Waals surface area contributed by atoms with Gasteiger partial charge in [-0.15, -0.1) is 0 Å². The third-order valence-corrected chi connectivity index (χ3v) is 4.09. The molecule has 0 spiro atoms. The van der Waals surface area contributed by atoms with E-state index in [9.17, 15) is 8.78 Å². The lowest BCUT2D eigenvalue weighted by Gasteiger charge is -2.39. The van der Waals surface area contributed by atoms with Crippen LogP contribution in [0.3, 0.4) is 0 Å². The molecule has 2 aromatic rings. The van der Waals surface area contributed by atoms with Crippen molar-refractivity contribution in [2.75, 3.05) is 19.6 Å². The summed E-state index contributed by atoms with van der Waals surface area (Å²) in [5.41, 5.74) is 0.664. The predicted octanol–water partition coefficient (Wildman–Crippen LogP) is 2.36. The molecule has 0 aliphatic carbocycles. The summed E-state index contributed by atoms with van der Waals surface area (Å²) in [6.07, 6.45) is 0. The molecule has 1 aromatic carbocycles. The summed E-state index contributed by atoms with van der Waals surface area (Å²) in [4.78, 5) is 8.71. The molecular weight excluding hydrogens is 302 g/mol. The van der Waals surface area contributed by atoms with Crippen LogP contribution in [0.1, 0.15) is 24.2 Å². The Hall–Kier alpha value is -1.86. The fourth-order valence-corrected chi connectivity index (χ4v) is 2.99. The molecule has 0 radical (unpaired) electrons. The minimum Gasteiger partial charge on any atom is -0.340 e. The summed E-state index contributed by atoms with van der Waals surface area (Å²) < 4.78 is 31.6. The molecule has 23 heavy (non-hydrogen) atoms. The molecule has 1 aliphatic heterocycles. The average molecular weight is 322 g/mol. The van der Waals surface area contributed by atoms with Crippen LogP contribution >= 0.6 is 0 Å². The van der Waals surface area contributed by atoms with Gasteiger partial charge in [0, 0.05) is 45.2 Å². The summed E-state index contributed by atoms with van der Waals surface area (Å²) in [5, 5.41) is 3.92. The lowest BCUT2D eigenvalue weighted by atomic mass is 10.1. The first kappa shape index (κ1) is 16.0. The Kier molecular flexibility index (Phi) is 4.68. The SMILES string of the molecule is Cc1nc(CN2CCN(Cc3cc(F)cc(F)c3)C(C)C2)no1. The molecule has 0 N–H and O–H groups in total. The van der Waals surface area contributed by atoms with Crippen molar-refractivity contribution in [1.82, 2.24) is 19.9 Å². The van der Waals surface area contributed by atoms with Crippen molar-refractivity contribution in [1.29, 1.82) is 0 Å². The van der Waals surface area contributed by atoms with Crippen LogP contribution in [0.25, 0.3) is 0 Å². The Morgan fingerprint density at radius 2 is 1.91 bits per heavy atom. The molecule has 0 bridgehead atoms. The van der Waals surface area contributed by atoms with E-state index in [-0.39, 0.29) is 6.04 Å². The lowest BCUT2D eigenvalue weighted by Crippen LogP contribution is -2.51. The van der Waals surface area contributed by atoms with Crippen molar-refractivity contribution >= 4 is 0 Å². The van der Waals surface area contributed by atoms with Gasteiger partial charge in [-0.3, -0.25) is 9.80 Å². The Morgan fingerprint density at radius 3 is 2.52 bits per heavy atom. The maximum absolute atomic E-state index is 13.3. The van der Waals surface area contributed by atoms with Crippen LogP contribution in [0.2, 0.25) is 0 Å². The Bertz CT molecular complexity index is 656. The van der Waals surface area contributed by atoms with E-state index < -0.39 is 11.6 Å². The summed E-state index contributed by atoms with van der Waals surface area (Å²) in [6, 6.07) is 3.97. The van der Waals surface area contributed by atoms with Gasteiger partial charge in [-0.25, -0.2) is 8.78 Å². The first-order valence-electron chi connectivity index (χ1n) is 7.70. The zero-order valence-corrected chi connectivity index (χ0v) is 13.3. The van der Waals surface area contributed by atoms with E-state index in [0.29, 0.717) is 30.4 Å². The van der Waals surface area contributed by atoms with Crippen LogP contribution in [0, 0.1) is 18.6 Å². The lowest BCUT2D eigenvalue weighted by molar-refractivity contribution is 0.0711. The topological polar surface area (TPSA) is 45.4 Å². The minimum atomic E-state index is -0.529. The Morgan fingerprint density at radius 1 is 1.17 bits per heavy atom. The molecule has 1 aromatic heterocycles. The number of piperazine rings is 1. The molecule has 1 unspecified atom stereocenters. The smallest absolute Gasteiger partial charge is 0.223 e. The molecule has 7 heteroatoms. The molecule has 1 fully saturated rings. The van der Waals surface area contributed by atoms with Crippen molar-refractivity contribution in [3.8, 4) is 0 Å². The van der Waals surface area contributed by atoms with Crippen LogP contribution < -0.4 is 0 Å². The highest BCUT2D eigenvalue weighted by Gasteiger charge is 2.24. The first-order chi connectivity index (χ1) is 11.0. The zero-order chi connectivity index (χ0) is 16.4. The van der Waals surface area contributed by atoms with E-state index in [2.05, 4.69) is 26.9 Å². The maximum atomic E-state index is 13.3. The van der Waals surface area contributed by atoms with E-state index in [1.807, 2.05) is 0 Å². The monoisotopic (exact) mass is 322 g/mol. The van der Waals surface area contributed by atoms with Crippen molar-refractivity contribution < 1.29 is 13.3 Å². The van der Waals surface area contributed by atoms with Crippen LogP contribution in [0.4, 0.5) is 8.78 Å². The van der Waals surface area contributed by atoms with Gasteiger partial charge in [-0.1, -0.05) is 5.16 Å². The highest BCUT2D eigenvalue weighted by molar-refractivity contribution is 5.18. The number of hydrogen-bond donors (Lipinski definition) is 0. The summed E-state index contributed by atoms with van der Waals surface area (Å²) in [7, 11) is 0. The molecule has 1 atom stereocenters. The molecule has 5 nitrogen and oxygen atoms in total. The van der Waals surface area contributed by atoms with Gasteiger partial charge in [-0.2, -0.15) is 4.98 Å². The highest BCUT2D eigenvalue weighted by atomic mass is 19.1. The van der Waals surface area contributed by atoms with Gasteiger partial charge in [0.05, 0.1) is 6.54 Å². The van der Waals surface area contributed by atoms with E-state index >= 15 is 0 Å². The number of nitrogens with zero attached hydrogens (tertiary/aromatic N) is 4. The van der Waals surface area contributed by atoms with Crippen molar-refractivity contribution in [3.63, 3.8) is 0 Å². The second kappa shape index (κ2) is 6.72. The molecule has 2 heterocycles. The molecule has 1 saturated heterocycles. The first-order valence-corrected chi connectivity index (χ1v) is 7.70. The maximum Gasteiger partial charge on any atom is 0.223 e. The molecule has 1 aliphatic rings. The van der Waals surface area contributed by atoms with Crippen molar-refractivity contribution in [2.24, 2.45) is 0 Å². The summed E-state index contributed by atoms with van der Waals surface area (Å²) in [6.45, 7) is 7.63. The van der Waals surface area contributed by atoms with Crippen molar-refractivity contribution in [3.05, 3.63) is 47.1 Å². The minimum absolute atomic E-state index is 0.281. The van der Waals surface area contributed by atoms with Gasteiger partial charge in [-0.05, 0) is 24.6 Å². The Balaban J connectivity index is 1.58. The summed E-state index contributed by atoms with van der Waals surface area (Å²) in [5.74, 6) is 0.202. The van der Waals surface area contributed by atoms with E-state index in [1.54, 1.807) is 6.92 Å². The molecule has 0 amide bonds. The van der Waals surface area contributed by atoms with E-state index in [4.69, 9.17) is 4.52 Å². The highest BCUT2D eigenvalue weighted by Crippen LogP contribution is 2.17. The second-order valence-corrected chi connectivity index (χ2v) is 6.06. The quantitative estimate of drug-likeness (QED) is 0.865. The van der Waals surface area contributed by atoms with Gasteiger partial charge in [0.25, 0.3) is 0 Å². The largest absolute Gasteiger partial charge is 0.340 e. The fourth-order valence-electron chi connectivity index (χ4n) is 2.99. The number of halogens is 2. The number of aryl methyl sites for hydroxylation is 1. The second-order valence-electron chi connectivity index (χ2n) is 6.06. The van der Waals surface area contributed by atoms with Gasteiger partial charge in [0.15, 0.2) is 5.82 Å². The molecule has 3 rings (SSSR count). The molecule has 124 valence electrons. The van der Waals surface area contributed by atoms with Crippen LogP contribution in [-0.4, -0.2) is 45.6 Å². The van der Waals surface area contributed by atoms with Crippen LogP contribution in [0.15, 0.2) is 22.7 Å². The average Bonchev–Trinajstić information content (AvgIpc) is 2.86. The van der Waals surface area contributed by atoms with Crippen LogP contribution in [-0.2, 0) is 13.1 Å². The number of rotatable bonds is 4.